The molecule has 3 aliphatic rings. The molecule has 18 heavy (non-hydrogen) atoms. The van der Waals surface area contributed by atoms with Gasteiger partial charge in [-0.3, -0.25) is 14.2 Å². The fourth-order valence-corrected chi connectivity index (χ4v) is 3.98. The van der Waals surface area contributed by atoms with Crippen molar-refractivity contribution < 1.29 is 9.32 Å². The van der Waals surface area contributed by atoms with Gasteiger partial charge in [0.15, 0.2) is 5.75 Å². The Hall–Kier alpha value is -1.69. The molecule has 0 bridgehead atoms. The fourth-order valence-electron chi connectivity index (χ4n) is 2.71. The second-order valence-electron chi connectivity index (χ2n) is 4.52. The summed E-state index contributed by atoms with van der Waals surface area (Å²) in [5, 5.41) is 15.0. The van der Waals surface area contributed by atoms with Crippen LogP contribution < -0.4 is 15.9 Å². The summed E-state index contributed by atoms with van der Waals surface area (Å²) in [4.78, 5) is 9.43. The quantitative estimate of drug-likeness (QED) is 0.636. The lowest BCUT2D eigenvalue weighted by Gasteiger charge is -2.20. The lowest BCUT2D eigenvalue weighted by Crippen LogP contribution is -2.37. The molecule has 1 aromatic carbocycles. The molecular formula is C12H11N3O2S. The summed E-state index contributed by atoms with van der Waals surface area (Å²) in [6.45, 7) is 1.30. The highest BCUT2D eigenvalue weighted by molar-refractivity contribution is 7.85. The maximum atomic E-state index is 12.2. The molecule has 2 N–H and O–H groups in total. The Balaban J connectivity index is 2.26. The van der Waals surface area contributed by atoms with E-state index in [4.69, 9.17) is 0 Å². The number of aromatic hydroxyl groups is 1. The maximum absolute atomic E-state index is 12.2. The van der Waals surface area contributed by atoms with Crippen LogP contribution in [0.3, 0.4) is 0 Å². The first kappa shape index (κ1) is 10.3. The van der Waals surface area contributed by atoms with Crippen LogP contribution in [0.2, 0.25) is 0 Å². The SMILES string of the molecule is O=S1CCNc2c(O)c3c4c(c21)=NCCC=4C=N3. The Morgan fingerprint density at radius 3 is 3.22 bits per heavy atom. The highest BCUT2D eigenvalue weighted by Crippen LogP contribution is 2.37. The third-order valence-electron chi connectivity index (χ3n) is 3.52. The van der Waals surface area contributed by atoms with Gasteiger partial charge in [0.05, 0.1) is 26.7 Å². The van der Waals surface area contributed by atoms with Crippen molar-refractivity contribution in [2.24, 2.45) is 9.98 Å². The zero-order chi connectivity index (χ0) is 12.3. The molecule has 4 rings (SSSR count). The van der Waals surface area contributed by atoms with Crippen LogP contribution in [0.25, 0.3) is 5.57 Å². The first-order valence-corrected chi connectivity index (χ1v) is 7.22. The third-order valence-corrected chi connectivity index (χ3v) is 4.94. The van der Waals surface area contributed by atoms with E-state index >= 15 is 0 Å². The summed E-state index contributed by atoms with van der Waals surface area (Å²) >= 11 is 0. The van der Waals surface area contributed by atoms with E-state index in [9.17, 15) is 9.32 Å². The molecule has 0 aromatic heterocycles. The molecule has 3 aliphatic heterocycles. The van der Waals surface area contributed by atoms with E-state index in [1.165, 1.54) is 0 Å². The standard InChI is InChI=1S/C12H11N3O2S/c16-11-8-7-6(5-15-8)1-2-13-9(7)12-10(11)14-3-4-18(12)17/h5,14,16H,1-4H2. The van der Waals surface area contributed by atoms with Crippen molar-refractivity contribution in [3.8, 4) is 5.75 Å². The number of phenolic OH excluding ortho intramolecular Hbond substituents is 1. The van der Waals surface area contributed by atoms with E-state index in [-0.39, 0.29) is 5.75 Å². The van der Waals surface area contributed by atoms with Crippen LogP contribution >= 0.6 is 0 Å². The molecule has 1 aromatic rings. The zero-order valence-electron chi connectivity index (χ0n) is 9.56. The van der Waals surface area contributed by atoms with Gasteiger partial charge < -0.3 is 10.4 Å². The Labute approximate surface area is 105 Å². The highest BCUT2D eigenvalue weighted by atomic mass is 32.2. The minimum Gasteiger partial charge on any atom is -0.504 e. The summed E-state index contributed by atoms with van der Waals surface area (Å²) in [6, 6.07) is 0. The number of hydrogen-bond donors (Lipinski definition) is 2. The first-order valence-electron chi connectivity index (χ1n) is 5.90. The van der Waals surface area contributed by atoms with Crippen molar-refractivity contribution in [2.75, 3.05) is 24.2 Å². The van der Waals surface area contributed by atoms with Crippen LogP contribution in [0.1, 0.15) is 6.42 Å². The van der Waals surface area contributed by atoms with Gasteiger partial charge in [-0.25, -0.2) is 0 Å². The van der Waals surface area contributed by atoms with Gasteiger partial charge in [0, 0.05) is 30.3 Å². The third kappa shape index (κ3) is 1.13. The van der Waals surface area contributed by atoms with Crippen LogP contribution in [-0.2, 0) is 10.8 Å². The number of phenols is 1. The average molecular weight is 261 g/mol. The van der Waals surface area contributed by atoms with Gasteiger partial charge in [-0.15, -0.1) is 0 Å². The minimum absolute atomic E-state index is 0.111. The minimum atomic E-state index is -1.10. The predicted molar refractivity (Wildman–Crippen MR) is 69.7 cm³/mol. The molecule has 1 atom stereocenters. The molecule has 0 spiro atoms. The molecule has 92 valence electrons. The van der Waals surface area contributed by atoms with Gasteiger partial charge in [-0.1, -0.05) is 0 Å². The Kier molecular flexibility index (Phi) is 1.94. The van der Waals surface area contributed by atoms with E-state index in [0.717, 1.165) is 22.6 Å². The van der Waals surface area contributed by atoms with Gasteiger partial charge in [-0.2, -0.15) is 0 Å². The molecule has 5 nitrogen and oxygen atoms in total. The van der Waals surface area contributed by atoms with E-state index in [1.807, 2.05) is 0 Å². The summed E-state index contributed by atoms with van der Waals surface area (Å²) in [6.07, 6.45) is 2.62. The van der Waals surface area contributed by atoms with Crippen molar-refractivity contribution >= 4 is 34.0 Å². The molecule has 0 saturated carbocycles. The Morgan fingerprint density at radius 2 is 2.33 bits per heavy atom. The lowest BCUT2D eigenvalue weighted by atomic mass is 10.1. The normalized spacial score (nSPS) is 23.1. The van der Waals surface area contributed by atoms with Gasteiger partial charge >= 0.3 is 0 Å². The van der Waals surface area contributed by atoms with Crippen molar-refractivity contribution in [2.45, 2.75) is 11.3 Å². The summed E-state index contributed by atoms with van der Waals surface area (Å²) < 4.78 is 12.2. The van der Waals surface area contributed by atoms with Crippen molar-refractivity contribution in [3.05, 3.63) is 10.6 Å². The van der Waals surface area contributed by atoms with Gasteiger partial charge in [-0.05, 0) is 12.0 Å². The largest absolute Gasteiger partial charge is 0.504 e. The average Bonchev–Trinajstić information content (AvgIpc) is 2.81. The number of anilines is 1. The predicted octanol–water partition coefficient (Wildman–Crippen LogP) is -0.185. The van der Waals surface area contributed by atoms with Crippen LogP contribution in [0.5, 0.6) is 5.75 Å². The fraction of sp³-hybridized carbons (Fsp3) is 0.333. The first-order chi connectivity index (χ1) is 8.77. The van der Waals surface area contributed by atoms with Crippen LogP contribution in [0, 0.1) is 0 Å². The topological polar surface area (TPSA) is 74.0 Å². The molecule has 3 heterocycles. The van der Waals surface area contributed by atoms with Crippen molar-refractivity contribution in [1.82, 2.24) is 0 Å². The van der Waals surface area contributed by atoms with Crippen molar-refractivity contribution in [1.29, 1.82) is 0 Å². The Bertz CT molecular complexity index is 752. The number of nitrogens with zero attached hydrogens (tertiary/aromatic N) is 2. The lowest BCUT2D eigenvalue weighted by molar-refractivity contribution is 0.476. The number of rotatable bonds is 0. The zero-order valence-corrected chi connectivity index (χ0v) is 10.4. The molecular weight excluding hydrogens is 250 g/mol. The highest BCUT2D eigenvalue weighted by Gasteiger charge is 2.28. The monoisotopic (exact) mass is 261 g/mol. The number of aliphatic imine (C=N–C) groups is 1. The van der Waals surface area contributed by atoms with Crippen LogP contribution in [0.15, 0.2) is 14.9 Å². The summed E-state index contributed by atoms with van der Waals surface area (Å²) in [5.74, 6) is 0.671. The molecule has 6 heteroatoms. The van der Waals surface area contributed by atoms with Crippen molar-refractivity contribution in [3.63, 3.8) is 0 Å². The molecule has 0 radical (unpaired) electrons. The van der Waals surface area contributed by atoms with E-state index in [0.29, 0.717) is 35.1 Å². The van der Waals surface area contributed by atoms with Crippen LogP contribution in [0.4, 0.5) is 11.4 Å². The number of nitrogens with one attached hydrogen (secondary N) is 1. The van der Waals surface area contributed by atoms with Gasteiger partial charge in [0.25, 0.3) is 0 Å². The Morgan fingerprint density at radius 1 is 1.44 bits per heavy atom. The molecule has 1 unspecified atom stereocenters. The summed E-state index contributed by atoms with van der Waals surface area (Å²) in [7, 11) is -1.10. The molecule has 0 amide bonds. The number of fused-ring (bicyclic) bond motifs is 2. The van der Waals surface area contributed by atoms with Gasteiger partial charge in [0.2, 0.25) is 0 Å². The molecule has 0 fully saturated rings. The number of benzene rings is 1. The van der Waals surface area contributed by atoms with E-state index < -0.39 is 10.8 Å². The second-order valence-corrected chi connectivity index (χ2v) is 6.02. The van der Waals surface area contributed by atoms with Gasteiger partial charge in [0.1, 0.15) is 5.69 Å². The number of hydrogen-bond acceptors (Lipinski definition) is 5. The van der Waals surface area contributed by atoms with E-state index in [2.05, 4.69) is 15.3 Å². The maximum Gasteiger partial charge on any atom is 0.166 e. The molecule has 0 saturated heterocycles. The summed E-state index contributed by atoms with van der Waals surface area (Å²) in [5.41, 5.74) is 2.22. The smallest absolute Gasteiger partial charge is 0.166 e. The van der Waals surface area contributed by atoms with Crippen LogP contribution in [-0.4, -0.2) is 34.4 Å². The second kappa shape index (κ2) is 3.41. The molecule has 0 aliphatic carbocycles. The van der Waals surface area contributed by atoms with E-state index in [1.54, 1.807) is 6.21 Å².